The lowest BCUT2D eigenvalue weighted by atomic mass is 10.1. The smallest absolute Gasteiger partial charge is 0.277 e. The van der Waals surface area contributed by atoms with Gasteiger partial charge in [-0.05, 0) is 55.5 Å². The Morgan fingerprint density at radius 2 is 1.71 bits per heavy atom. The Labute approximate surface area is 200 Å². The molecule has 178 valence electrons. The van der Waals surface area contributed by atoms with Crippen LogP contribution in [0.1, 0.15) is 12.8 Å². The van der Waals surface area contributed by atoms with Crippen molar-refractivity contribution < 1.29 is 18.7 Å². The van der Waals surface area contributed by atoms with Gasteiger partial charge in [-0.25, -0.2) is 4.52 Å². The van der Waals surface area contributed by atoms with Crippen molar-refractivity contribution in [3.05, 3.63) is 77.2 Å². The molecule has 0 fully saturated rings. The van der Waals surface area contributed by atoms with E-state index in [4.69, 9.17) is 18.7 Å². The van der Waals surface area contributed by atoms with E-state index >= 15 is 0 Å². The number of rotatable bonds is 8. The molecule has 0 aliphatic heterocycles. The molecule has 10 heteroatoms. The fourth-order valence-electron chi connectivity index (χ4n) is 3.74. The third-order valence-corrected chi connectivity index (χ3v) is 5.48. The van der Waals surface area contributed by atoms with Crippen molar-refractivity contribution in [1.29, 1.82) is 0 Å². The van der Waals surface area contributed by atoms with Crippen LogP contribution in [0.2, 0.25) is 0 Å². The monoisotopic (exact) mass is 473 g/mol. The zero-order valence-corrected chi connectivity index (χ0v) is 19.5. The number of nitrogens with zero attached hydrogens (tertiary/aromatic N) is 5. The van der Waals surface area contributed by atoms with Crippen LogP contribution >= 0.6 is 0 Å². The number of methoxy groups -OCH3 is 2. The number of benzene rings is 2. The molecule has 0 saturated carbocycles. The third kappa shape index (κ3) is 4.33. The second-order valence-electron chi connectivity index (χ2n) is 7.63. The van der Waals surface area contributed by atoms with Gasteiger partial charge in [-0.1, -0.05) is 5.16 Å². The molecule has 10 nitrogen and oxygen atoms in total. The number of fused-ring (bicyclic) bond motifs is 1. The van der Waals surface area contributed by atoms with Crippen molar-refractivity contribution in [1.82, 2.24) is 24.3 Å². The van der Waals surface area contributed by atoms with Crippen molar-refractivity contribution in [2.24, 2.45) is 0 Å². The molecule has 2 aromatic carbocycles. The molecule has 5 aromatic rings. The average molecular weight is 473 g/mol. The van der Waals surface area contributed by atoms with Gasteiger partial charge in [0.25, 0.3) is 5.56 Å². The van der Waals surface area contributed by atoms with E-state index < -0.39 is 0 Å². The highest BCUT2D eigenvalue weighted by atomic mass is 16.5. The Hall–Kier alpha value is -4.60. The fraction of sp³-hybridized carbons (Fsp3) is 0.200. The maximum atomic E-state index is 13.1. The van der Waals surface area contributed by atoms with Crippen LogP contribution in [0.25, 0.3) is 28.2 Å². The summed E-state index contributed by atoms with van der Waals surface area (Å²) >= 11 is 0. The minimum absolute atomic E-state index is 0.124. The van der Waals surface area contributed by atoms with Gasteiger partial charge in [0.2, 0.25) is 11.7 Å². The molecule has 0 atom stereocenters. The predicted octanol–water partition coefficient (Wildman–Crippen LogP) is 3.68. The van der Waals surface area contributed by atoms with Crippen molar-refractivity contribution in [2.75, 3.05) is 20.8 Å². The number of hydrogen-bond donors (Lipinski definition) is 0. The second-order valence-corrected chi connectivity index (χ2v) is 7.63. The van der Waals surface area contributed by atoms with E-state index in [2.05, 4.69) is 15.2 Å². The van der Waals surface area contributed by atoms with E-state index in [9.17, 15) is 4.79 Å². The topological polar surface area (TPSA) is 106 Å². The Morgan fingerprint density at radius 3 is 2.46 bits per heavy atom. The maximum absolute atomic E-state index is 13.1. The van der Waals surface area contributed by atoms with Crippen LogP contribution in [0.3, 0.4) is 0 Å². The van der Waals surface area contributed by atoms with Gasteiger partial charge in [0.15, 0.2) is 11.5 Å². The highest BCUT2D eigenvalue weighted by Crippen LogP contribution is 2.31. The van der Waals surface area contributed by atoms with E-state index in [1.807, 2.05) is 37.3 Å². The third-order valence-electron chi connectivity index (χ3n) is 5.48. The first-order valence-corrected chi connectivity index (χ1v) is 11.0. The summed E-state index contributed by atoms with van der Waals surface area (Å²) in [6.07, 6.45) is 3.37. The molecule has 0 radical (unpaired) electrons. The molecule has 0 bridgehead atoms. The number of hydrogen-bond acceptors (Lipinski definition) is 8. The lowest BCUT2D eigenvalue weighted by molar-refractivity contribution is 0.340. The van der Waals surface area contributed by atoms with E-state index in [1.54, 1.807) is 49.3 Å². The van der Waals surface area contributed by atoms with Crippen molar-refractivity contribution >= 4 is 5.52 Å². The van der Waals surface area contributed by atoms with Crippen LogP contribution in [0.5, 0.6) is 17.2 Å². The van der Waals surface area contributed by atoms with Crippen LogP contribution in [-0.4, -0.2) is 45.1 Å². The first kappa shape index (κ1) is 22.2. The van der Waals surface area contributed by atoms with E-state index in [1.165, 1.54) is 4.57 Å². The first-order chi connectivity index (χ1) is 17.1. The second kappa shape index (κ2) is 9.34. The van der Waals surface area contributed by atoms with Gasteiger partial charge in [0, 0.05) is 23.5 Å². The van der Waals surface area contributed by atoms with Crippen molar-refractivity contribution in [3.8, 4) is 39.9 Å². The van der Waals surface area contributed by atoms with Crippen LogP contribution in [0.15, 0.2) is 70.2 Å². The molecule has 0 spiro atoms. The molecular formula is C25H23N5O5. The first-order valence-electron chi connectivity index (χ1n) is 11.0. The zero-order valence-electron chi connectivity index (χ0n) is 19.5. The Kier molecular flexibility index (Phi) is 5.92. The summed E-state index contributed by atoms with van der Waals surface area (Å²) in [5, 5.41) is 8.57. The molecule has 0 N–H and O–H groups in total. The van der Waals surface area contributed by atoms with Gasteiger partial charge in [-0.15, -0.1) is 0 Å². The summed E-state index contributed by atoms with van der Waals surface area (Å²) in [6.45, 7) is 2.66. The number of aromatic nitrogens is 5. The van der Waals surface area contributed by atoms with Gasteiger partial charge < -0.3 is 23.3 Å². The molecule has 3 aromatic heterocycles. The molecule has 3 heterocycles. The Bertz CT molecular complexity index is 1530. The van der Waals surface area contributed by atoms with Crippen LogP contribution in [-0.2, 0) is 6.54 Å². The molecule has 0 unspecified atom stereocenters. The lowest BCUT2D eigenvalue weighted by Gasteiger charge is -2.07. The molecule has 0 aliphatic carbocycles. The van der Waals surface area contributed by atoms with E-state index in [0.717, 1.165) is 11.3 Å². The Morgan fingerprint density at radius 1 is 0.943 bits per heavy atom. The van der Waals surface area contributed by atoms with Gasteiger partial charge in [0.1, 0.15) is 17.8 Å². The molecule has 0 saturated heterocycles. The van der Waals surface area contributed by atoms with Crippen molar-refractivity contribution in [3.63, 3.8) is 0 Å². The van der Waals surface area contributed by atoms with E-state index in [-0.39, 0.29) is 12.1 Å². The number of ether oxygens (including phenoxy) is 3. The van der Waals surface area contributed by atoms with Crippen LogP contribution in [0, 0.1) is 0 Å². The summed E-state index contributed by atoms with van der Waals surface area (Å²) in [5.74, 6) is 2.63. The minimum atomic E-state index is -0.219. The highest BCUT2D eigenvalue weighted by molar-refractivity contribution is 5.66. The van der Waals surface area contributed by atoms with E-state index in [0.29, 0.717) is 46.6 Å². The molecule has 5 rings (SSSR count). The summed E-state index contributed by atoms with van der Waals surface area (Å²) in [6, 6.07) is 14.7. The predicted molar refractivity (Wildman–Crippen MR) is 128 cm³/mol. The summed E-state index contributed by atoms with van der Waals surface area (Å²) in [7, 11) is 3.13. The molecule has 35 heavy (non-hydrogen) atoms. The largest absolute Gasteiger partial charge is 0.494 e. The summed E-state index contributed by atoms with van der Waals surface area (Å²) in [5.41, 5.74) is 2.51. The minimum Gasteiger partial charge on any atom is -0.494 e. The normalized spacial score (nSPS) is 11.1. The maximum Gasteiger partial charge on any atom is 0.277 e. The van der Waals surface area contributed by atoms with Gasteiger partial charge in [-0.2, -0.15) is 10.1 Å². The highest BCUT2D eigenvalue weighted by Gasteiger charge is 2.15. The SMILES string of the molecule is CCOc1ccc(-c2cc3c(=O)n(Cc4nc(-c5ccc(OC)c(OC)c5)no4)ccn3n2)cc1. The standard InChI is InChI=1S/C25H23N5O5/c1-4-34-18-8-5-16(6-9-18)19-14-20-25(31)29(11-12-30(20)27-19)15-23-26-24(28-35-23)17-7-10-21(32-2)22(13-17)33-3/h5-14H,4,15H2,1-3H3. The molecule has 0 aliphatic rings. The average Bonchev–Trinajstić information content (AvgIpc) is 3.54. The van der Waals surface area contributed by atoms with Crippen molar-refractivity contribution in [2.45, 2.75) is 13.5 Å². The van der Waals surface area contributed by atoms with Gasteiger partial charge in [-0.3, -0.25) is 4.79 Å². The summed E-state index contributed by atoms with van der Waals surface area (Å²) < 4.78 is 24.6. The molecule has 0 amide bonds. The van der Waals surface area contributed by atoms with Crippen LogP contribution in [0.4, 0.5) is 0 Å². The zero-order chi connectivity index (χ0) is 24.4. The fourth-order valence-corrected chi connectivity index (χ4v) is 3.74. The van der Waals surface area contributed by atoms with Crippen LogP contribution < -0.4 is 19.8 Å². The Balaban J connectivity index is 1.40. The quantitative estimate of drug-likeness (QED) is 0.336. The molecular weight excluding hydrogens is 450 g/mol. The summed E-state index contributed by atoms with van der Waals surface area (Å²) in [4.78, 5) is 17.5. The van der Waals surface area contributed by atoms with Gasteiger partial charge in [0.05, 0.1) is 26.5 Å². The van der Waals surface area contributed by atoms with Gasteiger partial charge >= 0.3 is 0 Å². The lowest BCUT2D eigenvalue weighted by Crippen LogP contribution is -2.21.